The molecule has 1 aliphatic heterocycles. The predicted molar refractivity (Wildman–Crippen MR) is 147 cm³/mol. The van der Waals surface area contributed by atoms with Gasteiger partial charge in [-0.05, 0) is 49.8 Å². The molecular weight excluding hydrogens is 549 g/mol. The molecule has 6 rings (SSSR count). The Morgan fingerprint density at radius 3 is 2.50 bits per heavy atom. The van der Waals surface area contributed by atoms with Gasteiger partial charge in [0.25, 0.3) is 17.7 Å². The molecule has 13 heteroatoms. The number of aromatic nitrogens is 6. The number of likely N-dealkylation sites (tertiary alicyclic amines) is 1. The van der Waals surface area contributed by atoms with E-state index in [0.29, 0.717) is 23.0 Å². The van der Waals surface area contributed by atoms with E-state index in [2.05, 4.69) is 37.3 Å². The zero-order chi connectivity index (χ0) is 29.8. The van der Waals surface area contributed by atoms with Gasteiger partial charge in [0.1, 0.15) is 28.6 Å². The van der Waals surface area contributed by atoms with Crippen molar-refractivity contribution in [2.75, 3.05) is 13.1 Å². The molecule has 1 saturated heterocycles. The van der Waals surface area contributed by atoms with Crippen LogP contribution in [-0.2, 0) is 7.05 Å². The topological polar surface area (TPSA) is 122 Å². The molecule has 0 spiro atoms. The van der Waals surface area contributed by atoms with E-state index in [0.717, 1.165) is 30.6 Å². The molecule has 4 heterocycles. The number of alkyl halides is 2. The van der Waals surface area contributed by atoms with E-state index in [4.69, 9.17) is 0 Å². The lowest BCUT2D eigenvalue weighted by molar-refractivity contribution is -0.113. The number of halogens is 3. The first kappa shape index (κ1) is 27.9. The van der Waals surface area contributed by atoms with Crippen molar-refractivity contribution in [3.05, 3.63) is 59.4 Å². The van der Waals surface area contributed by atoms with Crippen LogP contribution in [0.2, 0.25) is 0 Å². The normalized spacial score (nSPS) is 20.8. The molecule has 4 aromatic rings. The maximum absolute atomic E-state index is 16.1. The maximum atomic E-state index is 16.1. The van der Waals surface area contributed by atoms with Gasteiger partial charge >= 0.3 is 0 Å². The highest BCUT2D eigenvalue weighted by Gasteiger charge is 2.47. The van der Waals surface area contributed by atoms with Gasteiger partial charge in [-0.3, -0.25) is 14.3 Å². The summed E-state index contributed by atoms with van der Waals surface area (Å²) in [4.78, 5) is 43.4. The highest BCUT2D eigenvalue weighted by Crippen LogP contribution is 2.38. The van der Waals surface area contributed by atoms with Gasteiger partial charge < -0.3 is 15.2 Å². The first-order chi connectivity index (χ1) is 20.0. The number of imidazole rings is 1. The van der Waals surface area contributed by atoms with Crippen molar-refractivity contribution in [1.29, 1.82) is 0 Å². The standard InChI is InChI=1S/C29H31F3N8O2/c1-15-4-6-17(7-5-15)23(38-27(41)21-10-11-34-39(21)3)26-36-20-9-8-18(22(30)25(20)37-26)19-12-33-16(2)35-24(19)28(42)40-13-29(31,32)14-40/h8-12,15,17,23H,4-7,13-14H2,1-3H3,(H,36,37)(H,38,41)/t15?,17?,23-/m0/s1. The van der Waals surface area contributed by atoms with Crippen LogP contribution in [-0.4, -0.2) is 65.4 Å². The third-order valence-electron chi connectivity index (χ3n) is 8.31. The fraction of sp³-hybridized carbons (Fsp3) is 0.448. The van der Waals surface area contributed by atoms with Crippen molar-refractivity contribution in [3.63, 3.8) is 0 Å². The molecule has 1 aromatic carbocycles. The highest BCUT2D eigenvalue weighted by atomic mass is 19.3. The SMILES string of the molecule is Cc1ncc(-c2ccc3[nH]c([C@@H](NC(=O)c4ccnn4C)C4CCC(C)CC4)nc3c2F)c(C(=O)N2CC(F)(F)C2)n1. The number of fused-ring (bicyclic) bond motifs is 1. The lowest BCUT2D eigenvalue weighted by atomic mass is 9.79. The molecule has 3 aromatic heterocycles. The van der Waals surface area contributed by atoms with Crippen LogP contribution in [0.25, 0.3) is 22.2 Å². The molecule has 0 radical (unpaired) electrons. The van der Waals surface area contributed by atoms with Gasteiger partial charge in [-0.1, -0.05) is 19.8 Å². The second-order valence-electron chi connectivity index (χ2n) is 11.5. The van der Waals surface area contributed by atoms with E-state index in [1.54, 1.807) is 32.3 Å². The van der Waals surface area contributed by atoms with Gasteiger partial charge in [0.05, 0.1) is 24.6 Å². The van der Waals surface area contributed by atoms with E-state index in [1.807, 2.05) is 0 Å². The Kier molecular flexibility index (Phi) is 6.98. The number of aryl methyl sites for hydroxylation is 2. The maximum Gasteiger partial charge on any atom is 0.282 e. The first-order valence-electron chi connectivity index (χ1n) is 14.0. The number of hydrogen-bond acceptors (Lipinski definition) is 6. The predicted octanol–water partition coefficient (Wildman–Crippen LogP) is 4.59. The molecule has 2 fully saturated rings. The third-order valence-corrected chi connectivity index (χ3v) is 8.31. The van der Waals surface area contributed by atoms with E-state index in [9.17, 15) is 18.4 Å². The highest BCUT2D eigenvalue weighted by molar-refractivity contribution is 6.00. The number of benzene rings is 1. The van der Waals surface area contributed by atoms with Crippen LogP contribution in [0.5, 0.6) is 0 Å². The number of carbonyl (C=O) groups is 2. The summed E-state index contributed by atoms with van der Waals surface area (Å²) in [5, 5.41) is 7.19. The third kappa shape index (κ3) is 5.12. The molecule has 2 aliphatic rings. The number of nitrogens with one attached hydrogen (secondary N) is 2. The summed E-state index contributed by atoms with van der Waals surface area (Å²) in [5.41, 5.74) is 0.805. The molecule has 2 amide bonds. The van der Waals surface area contributed by atoms with Gasteiger partial charge in [-0.2, -0.15) is 5.10 Å². The first-order valence-corrected chi connectivity index (χ1v) is 14.0. The number of aromatic amines is 1. The van der Waals surface area contributed by atoms with Crippen LogP contribution in [0, 0.1) is 24.6 Å². The summed E-state index contributed by atoms with van der Waals surface area (Å²) in [5.74, 6) is -3.33. The number of rotatable bonds is 6. The molecule has 2 N–H and O–H groups in total. The van der Waals surface area contributed by atoms with Crippen molar-refractivity contribution in [2.24, 2.45) is 18.9 Å². The Morgan fingerprint density at radius 1 is 1.10 bits per heavy atom. The van der Waals surface area contributed by atoms with Crippen molar-refractivity contribution in [1.82, 2.24) is 39.9 Å². The second-order valence-corrected chi connectivity index (χ2v) is 11.5. The average molecular weight is 581 g/mol. The van der Waals surface area contributed by atoms with Crippen LogP contribution >= 0.6 is 0 Å². The summed E-state index contributed by atoms with van der Waals surface area (Å²) in [6.45, 7) is 2.34. The molecule has 1 aliphatic carbocycles. The average Bonchev–Trinajstić information content (AvgIpc) is 3.57. The zero-order valence-electron chi connectivity index (χ0n) is 23.5. The Labute approximate surface area is 239 Å². The molecule has 10 nitrogen and oxygen atoms in total. The fourth-order valence-electron chi connectivity index (χ4n) is 5.89. The van der Waals surface area contributed by atoms with E-state index in [-0.39, 0.29) is 40.0 Å². The second kappa shape index (κ2) is 10.5. The van der Waals surface area contributed by atoms with Crippen LogP contribution in [0.15, 0.2) is 30.6 Å². The molecule has 1 saturated carbocycles. The van der Waals surface area contributed by atoms with Gasteiger partial charge in [-0.25, -0.2) is 28.1 Å². The van der Waals surface area contributed by atoms with Crippen LogP contribution in [0.3, 0.4) is 0 Å². The van der Waals surface area contributed by atoms with Crippen LogP contribution in [0.1, 0.15) is 71.3 Å². The molecular formula is C29H31F3N8O2. The molecule has 42 heavy (non-hydrogen) atoms. The molecule has 0 unspecified atom stereocenters. The molecule has 0 bridgehead atoms. The summed E-state index contributed by atoms with van der Waals surface area (Å²) >= 11 is 0. The number of amides is 2. The Morgan fingerprint density at radius 2 is 1.83 bits per heavy atom. The van der Waals surface area contributed by atoms with Crippen molar-refractivity contribution in [2.45, 2.75) is 51.5 Å². The monoisotopic (exact) mass is 580 g/mol. The summed E-state index contributed by atoms with van der Waals surface area (Å²) < 4.78 is 44.6. The van der Waals surface area contributed by atoms with Gasteiger partial charge in [0, 0.05) is 30.6 Å². The minimum Gasteiger partial charge on any atom is -0.340 e. The summed E-state index contributed by atoms with van der Waals surface area (Å²) in [6, 6.07) is 4.26. The van der Waals surface area contributed by atoms with Crippen molar-refractivity contribution < 1.29 is 22.8 Å². The minimum atomic E-state index is -2.95. The lowest BCUT2D eigenvalue weighted by Gasteiger charge is -2.38. The van der Waals surface area contributed by atoms with E-state index >= 15 is 4.39 Å². The van der Waals surface area contributed by atoms with Crippen molar-refractivity contribution in [3.8, 4) is 11.1 Å². The fourth-order valence-corrected chi connectivity index (χ4v) is 5.89. The number of nitrogens with zero attached hydrogens (tertiary/aromatic N) is 6. The van der Waals surface area contributed by atoms with Gasteiger partial charge in [-0.15, -0.1) is 0 Å². The minimum absolute atomic E-state index is 0.0261. The molecule has 220 valence electrons. The van der Waals surface area contributed by atoms with E-state index in [1.165, 1.54) is 16.9 Å². The summed E-state index contributed by atoms with van der Waals surface area (Å²) in [7, 11) is 1.69. The summed E-state index contributed by atoms with van der Waals surface area (Å²) in [6.07, 6.45) is 6.65. The van der Waals surface area contributed by atoms with Crippen LogP contribution < -0.4 is 5.32 Å². The molecule has 1 atom stereocenters. The van der Waals surface area contributed by atoms with Crippen LogP contribution in [0.4, 0.5) is 13.2 Å². The Balaban J connectivity index is 1.37. The Bertz CT molecular complexity index is 1670. The van der Waals surface area contributed by atoms with Gasteiger partial charge in [0.15, 0.2) is 5.82 Å². The van der Waals surface area contributed by atoms with E-state index < -0.39 is 36.8 Å². The van der Waals surface area contributed by atoms with Crippen molar-refractivity contribution >= 4 is 22.8 Å². The van der Waals surface area contributed by atoms with Gasteiger partial charge in [0.2, 0.25) is 0 Å². The number of H-pyrrole nitrogens is 1. The lowest BCUT2D eigenvalue weighted by Crippen LogP contribution is -2.58. The number of hydrogen-bond donors (Lipinski definition) is 2. The zero-order valence-corrected chi connectivity index (χ0v) is 23.5. The smallest absolute Gasteiger partial charge is 0.282 e. The Hall–Kier alpha value is -4.29. The largest absolute Gasteiger partial charge is 0.340 e. The number of carbonyl (C=O) groups excluding carboxylic acids is 2. The quantitative estimate of drug-likeness (QED) is 0.344.